The molecule has 1 N–H and O–H groups in total. The third-order valence-corrected chi connectivity index (χ3v) is 9.65. The molecule has 206 valence electrons. The van der Waals surface area contributed by atoms with Crippen LogP contribution in [0.1, 0.15) is 45.6 Å². The third-order valence-electron chi connectivity index (χ3n) is 6.82. The van der Waals surface area contributed by atoms with Gasteiger partial charge in [-0.2, -0.15) is 4.31 Å². The highest BCUT2D eigenvalue weighted by molar-refractivity contribution is 9.10. The summed E-state index contributed by atoms with van der Waals surface area (Å²) in [7, 11) is -3.92. The van der Waals surface area contributed by atoms with Crippen molar-refractivity contribution in [2.24, 2.45) is 5.92 Å². The predicted octanol–water partition coefficient (Wildman–Crippen LogP) is 4.59. The highest BCUT2D eigenvalue weighted by Gasteiger charge is 2.36. The van der Waals surface area contributed by atoms with Crippen molar-refractivity contribution in [3.8, 4) is 11.5 Å². The number of rotatable bonds is 9. The zero-order chi connectivity index (χ0) is 27.4. The molecule has 2 aliphatic heterocycles. The molecule has 1 atom stereocenters. The van der Waals surface area contributed by atoms with Crippen LogP contribution in [-0.2, 0) is 26.0 Å². The smallest absolute Gasteiger partial charge is 0.244 e. The van der Waals surface area contributed by atoms with Crippen LogP contribution in [0.5, 0.6) is 11.5 Å². The zero-order valence-corrected chi connectivity index (χ0v) is 24.4. The Kier molecular flexibility index (Phi) is 9.00. The second kappa shape index (κ2) is 12.0. The molecule has 2 amide bonds. The Bertz CT molecular complexity index is 1320. The van der Waals surface area contributed by atoms with E-state index in [2.05, 4.69) is 21.2 Å². The standard InChI is InChI=1S/C27H34BrN3O6S/c1-4-26(32)31-13-11-18-14-21(28)25(16-23(18)31)38(34,35)30-12-7-8-19(17-30)27(33)29-22-15-20(36-5-2)9-10-24(22)37-6-3/h9-10,14-16,19H,4-8,11-13,17H2,1-3H3,(H,29,33). The highest BCUT2D eigenvalue weighted by Crippen LogP contribution is 2.38. The number of fused-ring (bicyclic) bond motifs is 1. The lowest BCUT2D eigenvalue weighted by Gasteiger charge is -2.32. The van der Waals surface area contributed by atoms with Crippen LogP contribution < -0.4 is 19.7 Å². The number of nitrogens with zero attached hydrogens (tertiary/aromatic N) is 2. The maximum Gasteiger partial charge on any atom is 0.244 e. The Morgan fingerprint density at radius 3 is 2.55 bits per heavy atom. The number of sulfonamides is 1. The van der Waals surface area contributed by atoms with E-state index in [9.17, 15) is 18.0 Å². The summed E-state index contributed by atoms with van der Waals surface area (Å²) in [6, 6.07) is 8.63. The predicted molar refractivity (Wildman–Crippen MR) is 149 cm³/mol. The average molecular weight is 609 g/mol. The molecule has 2 heterocycles. The fourth-order valence-electron chi connectivity index (χ4n) is 4.93. The van der Waals surface area contributed by atoms with Gasteiger partial charge in [-0.1, -0.05) is 6.92 Å². The Morgan fingerprint density at radius 1 is 1.08 bits per heavy atom. The molecule has 4 rings (SSSR count). The van der Waals surface area contributed by atoms with Crippen LogP contribution in [0.3, 0.4) is 0 Å². The molecule has 0 spiro atoms. The SMILES string of the molecule is CCOc1ccc(OCC)c(NC(=O)C2CCCN(S(=O)(=O)c3cc4c(cc3Br)CCN4C(=O)CC)C2)c1. The minimum absolute atomic E-state index is 0.0380. The maximum atomic E-state index is 13.8. The second-order valence-corrected chi connectivity index (χ2v) is 12.0. The number of piperidine rings is 1. The Balaban J connectivity index is 1.55. The van der Waals surface area contributed by atoms with Crippen molar-refractivity contribution < 1.29 is 27.5 Å². The van der Waals surface area contributed by atoms with E-state index in [0.717, 1.165) is 5.56 Å². The molecule has 1 unspecified atom stereocenters. The first-order valence-electron chi connectivity index (χ1n) is 13.0. The van der Waals surface area contributed by atoms with Gasteiger partial charge in [-0.25, -0.2) is 8.42 Å². The van der Waals surface area contributed by atoms with Crippen LogP contribution in [0, 0.1) is 5.92 Å². The molecular formula is C27H34BrN3O6S. The van der Waals surface area contributed by atoms with E-state index >= 15 is 0 Å². The van der Waals surface area contributed by atoms with Gasteiger partial charge in [0, 0.05) is 42.3 Å². The quantitative estimate of drug-likeness (QED) is 0.447. The number of benzene rings is 2. The van der Waals surface area contributed by atoms with Crippen LogP contribution in [0.2, 0.25) is 0 Å². The van der Waals surface area contributed by atoms with Gasteiger partial charge in [0.1, 0.15) is 11.5 Å². The molecule has 2 aromatic carbocycles. The van der Waals surface area contributed by atoms with E-state index in [0.29, 0.717) is 79.3 Å². The molecule has 0 bridgehead atoms. The summed E-state index contributed by atoms with van der Waals surface area (Å²) in [4.78, 5) is 27.5. The van der Waals surface area contributed by atoms with Gasteiger partial charge in [0.2, 0.25) is 21.8 Å². The van der Waals surface area contributed by atoms with Gasteiger partial charge in [-0.05, 0) is 78.9 Å². The molecule has 0 aliphatic carbocycles. The summed E-state index contributed by atoms with van der Waals surface area (Å²) in [5, 5.41) is 2.93. The van der Waals surface area contributed by atoms with E-state index in [1.807, 2.05) is 13.8 Å². The summed E-state index contributed by atoms with van der Waals surface area (Å²) >= 11 is 3.44. The van der Waals surface area contributed by atoms with Gasteiger partial charge in [-0.3, -0.25) is 9.59 Å². The number of nitrogens with one attached hydrogen (secondary N) is 1. The highest BCUT2D eigenvalue weighted by atomic mass is 79.9. The third kappa shape index (κ3) is 5.84. The fraction of sp³-hybridized carbons (Fsp3) is 0.481. The average Bonchev–Trinajstić information content (AvgIpc) is 3.32. The van der Waals surface area contributed by atoms with Gasteiger partial charge < -0.3 is 19.7 Å². The number of halogens is 1. The number of hydrogen-bond acceptors (Lipinski definition) is 6. The van der Waals surface area contributed by atoms with Crippen molar-refractivity contribution in [2.45, 2.75) is 51.3 Å². The van der Waals surface area contributed by atoms with E-state index in [1.165, 1.54) is 4.31 Å². The number of hydrogen-bond donors (Lipinski definition) is 1. The minimum Gasteiger partial charge on any atom is -0.494 e. The lowest BCUT2D eigenvalue weighted by atomic mass is 9.98. The van der Waals surface area contributed by atoms with E-state index in [1.54, 1.807) is 42.2 Å². The van der Waals surface area contributed by atoms with Crippen molar-refractivity contribution in [1.82, 2.24) is 4.31 Å². The summed E-state index contributed by atoms with van der Waals surface area (Å²) < 4.78 is 40.6. The van der Waals surface area contributed by atoms with Crippen LogP contribution in [0.25, 0.3) is 0 Å². The fourth-order valence-corrected chi connectivity index (χ4v) is 7.52. The van der Waals surface area contributed by atoms with Crippen LogP contribution in [0.4, 0.5) is 11.4 Å². The summed E-state index contributed by atoms with van der Waals surface area (Å²) in [5.74, 6) is 0.292. The number of ether oxygens (including phenoxy) is 2. The van der Waals surface area contributed by atoms with Crippen molar-refractivity contribution in [1.29, 1.82) is 0 Å². The van der Waals surface area contributed by atoms with E-state index in [4.69, 9.17) is 9.47 Å². The molecule has 1 fully saturated rings. The molecule has 0 saturated carbocycles. The van der Waals surface area contributed by atoms with Crippen molar-refractivity contribution in [3.63, 3.8) is 0 Å². The first-order chi connectivity index (χ1) is 18.2. The summed E-state index contributed by atoms with van der Waals surface area (Å²) in [6.45, 7) is 7.37. The molecule has 0 radical (unpaired) electrons. The molecule has 1 saturated heterocycles. The Hall–Kier alpha value is -2.63. The number of anilines is 2. The summed E-state index contributed by atoms with van der Waals surface area (Å²) in [5.41, 5.74) is 2.07. The normalized spacial score (nSPS) is 17.7. The number of carbonyl (C=O) groups excluding carboxylic acids is 2. The van der Waals surface area contributed by atoms with Crippen molar-refractivity contribution in [3.05, 3.63) is 40.4 Å². The number of amides is 2. The molecule has 2 aliphatic rings. The zero-order valence-electron chi connectivity index (χ0n) is 22.0. The first kappa shape index (κ1) is 28.4. The van der Waals surface area contributed by atoms with Crippen LogP contribution in [0.15, 0.2) is 39.7 Å². The monoisotopic (exact) mass is 607 g/mol. The van der Waals surface area contributed by atoms with Crippen LogP contribution >= 0.6 is 15.9 Å². The first-order valence-corrected chi connectivity index (χ1v) is 15.3. The van der Waals surface area contributed by atoms with E-state index < -0.39 is 15.9 Å². The lowest BCUT2D eigenvalue weighted by Crippen LogP contribution is -2.43. The van der Waals surface area contributed by atoms with Gasteiger partial charge >= 0.3 is 0 Å². The van der Waals surface area contributed by atoms with Gasteiger partial charge in [-0.15, -0.1) is 0 Å². The number of carbonyl (C=O) groups is 2. The van der Waals surface area contributed by atoms with Gasteiger partial charge in [0.05, 0.1) is 29.7 Å². The largest absolute Gasteiger partial charge is 0.494 e. The van der Waals surface area contributed by atoms with E-state index in [-0.39, 0.29) is 23.3 Å². The van der Waals surface area contributed by atoms with Gasteiger partial charge in [0.25, 0.3) is 0 Å². The van der Waals surface area contributed by atoms with Crippen LogP contribution in [-0.4, -0.2) is 57.4 Å². The molecule has 11 heteroatoms. The van der Waals surface area contributed by atoms with Crippen molar-refractivity contribution >= 4 is 49.1 Å². The minimum atomic E-state index is -3.92. The second-order valence-electron chi connectivity index (χ2n) is 9.28. The molecule has 9 nitrogen and oxygen atoms in total. The maximum absolute atomic E-state index is 13.8. The molecule has 2 aromatic rings. The lowest BCUT2D eigenvalue weighted by molar-refractivity contribution is -0.121. The topological polar surface area (TPSA) is 105 Å². The van der Waals surface area contributed by atoms with Crippen molar-refractivity contribution in [2.75, 3.05) is 43.1 Å². The molecule has 38 heavy (non-hydrogen) atoms. The van der Waals surface area contributed by atoms with Gasteiger partial charge in [0.15, 0.2) is 0 Å². The Labute approximate surface area is 232 Å². The molecular weight excluding hydrogens is 574 g/mol. The molecule has 0 aromatic heterocycles. The Morgan fingerprint density at radius 2 is 1.84 bits per heavy atom. The summed E-state index contributed by atoms with van der Waals surface area (Å²) in [6.07, 6.45) is 2.15.